The van der Waals surface area contributed by atoms with E-state index in [2.05, 4.69) is 5.32 Å². The number of aromatic hydroxyl groups is 2. The third-order valence-electron chi connectivity index (χ3n) is 3.51. The Kier molecular flexibility index (Phi) is 5.65. The number of nitrogens with one attached hydrogen (secondary N) is 1. The maximum atomic E-state index is 12.4. The van der Waals surface area contributed by atoms with Crippen molar-refractivity contribution in [1.29, 1.82) is 0 Å². The van der Waals surface area contributed by atoms with E-state index in [0.717, 1.165) is 0 Å². The van der Waals surface area contributed by atoms with Crippen LogP contribution in [0.2, 0.25) is 15.1 Å². The van der Waals surface area contributed by atoms with Crippen LogP contribution in [0.15, 0.2) is 54.6 Å². The van der Waals surface area contributed by atoms with E-state index in [-0.39, 0.29) is 32.1 Å². The lowest BCUT2D eigenvalue weighted by Gasteiger charge is -2.11. The minimum absolute atomic E-state index is 0.0273. The van der Waals surface area contributed by atoms with Crippen molar-refractivity contribution < 1.29 is 19.7 Å². The van der Waals surface area contributed by atoms with Crippen molar-refractivity contribution in [1.82, 2.24) is 0 Å². The minimum Gasteiger partial charge on any atom is -0.508 e. The van der Waals surface area contributed by atoms with Crippen LogP contribution in [-0.2, 0) is 0 Å². The smallest absolute Gasteiger partial charge is 0.259 e. The van der Waals surface area contributed by atoms with Gasteiger partial charge in [0.15, 0.2) is 0 Å². The molecule has 8 heteroatoms. The van der Waals surface area contributed by atoms with Gasteiger partial charge >= 0.3 is 0 Å². The van der Waals surface area contributed by atoms with Gasteiger partial charge in [-0.15, -0.1) is 0 Å². The number of benzene rings is 3. The molecule has 0 fully saturated rings. The van der Waals surface area contributed by atoms with Gasteiger partial charge in [-0.2, -0.15) is 0 Å². The third kappa shape index (κ3) is 4.57. The summed E-state index contributed by atoms with van der Waals surface area (Å²) in [5.74, 6) is -0.156. The first kappa shape index (κ1) is 19.2. The molecular formula is C19H12Cl3NO4. The van der Waals surface area contributed by atoms with Gasteiger partial charge in [-0.3, -0.25) is 4.79 Å². The van der Waals surface area contributed by atoms with Crippen LogP contribution in [0, 0.1) is 0 Å². The second-order valence-corrected chi connectivity index (χ2v) is 6.73. The van der Waals surface area contributed by atoms with E-state index in [0.29, 0.717) is 17.2 Å². The summed E-state index contributed by atoms with van der Waals surface area (Å²) in [6, 6.07) is 13.5. The molecular weight excluding hydrogens is 413 g/mol. The number of phenolic OH excluding ortho intramolecular Hbond substituents is 2. The predicted octanol–water partition coefficient (Wildman–Crippen LogP) is 6.10. The summed E-state index contributed by atoms with van der Waals surface area (Å²) in [7, 11) is 0. The fourth-order valence-electron chi connectivity index (χ4n) is 2.27. The van der Waals surface area contributed by atoms with Crippen molar-refractivity contribution >= 4 is 46.4 Å². The van der Waals surface area contributed by atoms with E-state index >= 15 is 0 Å². The van der Waals surface area contributed by atoms with E-state index in [4.69, 9.17) is 39.5 Å². The number of ether oxygens (including phenoxy) is 1. The zero-order valence-corrected chi connectivity index (χ0v) is 15.8. The monoisotopic (exact) mass is 423 g/mol. The number of hydrogen-bond donors (Lipinski definition) is 3. The molecule has 3 aromatic rings. The Labute approximate surface area is 169 Å². The fraction of sp³-hybridized carbons (Fsp3) is 0. The summed E-state index contributed by atoms with van der Waals surface area (Å²) < 4.78 is 5.61. The standard InChI is InChI=1S/C19H12Cl3NO4/c20-10-6-14(18(25)16(22)7-10)19(26)23-11-4-5-17(15(21)8-11)27-13-3-1-2-12(24)9-13/h1-9,24-25H,(H,23,26). The highest BCUT2D eigenvalue weighted by Gasteiger charge is 2.16. The number of amides is 1. The van der Waals surface area contributed by atoms with Gasteiger partial charge in [0.1, 0.15) is 23.0 Å². The lowest BCUT2D eigenvalue weighted by atomic mass is 10.1. The van der Waals surface area contributed by atoms with E-state index in [1.54, 1.807) is 24.3 Å². The van der Waals surface area contributed by atoms with Gasteiger partial charge in [-0.1, -0.05) is 40.9 Å². The lowest BCUT2D eigenvalue weighted by molar-refractivity contribution is 0.102. The van der Waals surface area contributed by atoms with Gasteiger partial charge in [0.2, 0.25) is 0 Å². The Bertz CT molecular complexity index is 1020. The van der Waals surface area contributed by atoms with Crippen LogP contribution in [0.3, 0.4) is 0 Å². The lowest BCUT2D eigenvalue weighted by Crippen LogP contribution is -2.12. The molecule has 0 aromatic heterocycles. The van der Waals surface area contributed by atoms with Crippen LogP contribution in [0.5, 0.6) is 23.0 Å². The number of halogens is 3. The Morgan fingerprint density at radius 2 is 1.70 bits per heavy atom. The van der Waals surface area contributed by atoms with Crippen LogP contribution >= 0.6 is 34.8 Å². The molecule has 27 heavy (non-hydrogen) atoms. The quantitative estimate of drug-likeness (QED) is 0.472. The van der Waals surface area contributed by atoms with Gasteiger partial charge < -0.3 is 20.3 Å². The molecule has 5 nitrogen and oxygen atoms in total. The number of hydrogen-bond acceptors (Lipinski definition) is 4. The van der Waals surface area contributed by atoms with Crippen LogP contribution in [0.25, 0.3) is 0 Å². The molecule has 0 spiro atoms. The van der Waals surface area contributed by atoms with E-state index in [1.165, 1.54) is 30.3 Å². The SMILES string of the molecule is O=C(Nc1ccc(Oc2cccc(O)c2)c(Cl)c1)c1cc(Cl)cc(Cl)c1O. The predicted molar refractivity (Wildman–Crippen MR) is 106 cm³/mol. The maximum absolute atomic E-state index is 12.4. The summed E-state index contributed by atoms with van der Waals surface area (Å²) in [4.78, 5) is 12.4. The topological polar surface area (TPSA) is 78.8 Å². The van der Waals surface area contributed by atoms with Gasteiger partial charge in [-0.05, 0) is 42.5 Å². The average Bonchev–Trinajstić information content (AvgIpc) is 2.60. The molecule has 0 atom stereocenters. The van der Waals surface area contributed by atoms with Crippen molar-refractivity contribution in [2.75, 3.05) is 5.32 Å². The van der Waals surface area contributed by atoms with Gasteiger partial charge in [-0.25, -0.2) is 0 Å². The summed E-state index contributed by atoms with van der Waals surface area (Å²) in [5, 5.41) is 22.4. The fourth-order valence-corrected chi connectivity index (χ4v) is 2.99. The van der Waals surface area contributed by atoms with Gasteiger partial charge in [0.05, 0.1) is 15.6 Å². The van der Waals surface area contributed by atoms with Crippen molar-refractivity contribution in [3.05, 3.63) is 75.2 Å². The summed E-state index contributed by atoms with van der Waals surface area (Å²) in [6.07, 6.45) is 0. The second kappa shape index (κ2) is 7.96. The molecule has 0 bridgehead atoms. The zero-order chi connectivity index (χ0) is 19.6. The molecule has 3 aromatic carbocycles. The molecule has 0 radical (unpaired) electrons. The van der Waals surface area contributed by atoms with Crippen LogP contribution in [-0.4, -0.2) is 16.1 Å². The molecule has 3 rings (SSSR count). The van der Waals surface area contributed by atoms with Crippen molar-refractivity contribution in [2.24, 2.45) is 0 Å². The zero-order valence-electron chi connectivity index (χ0n) is 13.5. The largest absolute Gasteiger partial charge is 0.508 e. The van der Waals surface area contributed by atoms with Crippen molar-refractivity contribution in [3.63, 3.8) is 0 Å². The summed E-state index contributed by atoms with van der Waals surface area (Å²) >= 11 is 17.9. The highest BCUT2D eigenvalue weighted by molar-refractivity contribution is 6.36. The number of carbonyl (C=O) groups excluding carboxylic acids is 1. The Morgan fingerprint density at radius 1 is 0.926 bits per heavy atom. The first-order valence-electron chi connectivity index (χ1n) is 7.59. The number of rotatable bonds is 4. The van der Waals surface area contributed by atoms with Gasteiger partial charge in [0, 0.05) is 16.8 Å². The molecule has 0 saturated heterocycles. The van der Waals surface area contributed by atoms with Crippen molar-refractivity contribution in [2.45, 2.75) is 0 Å². The first-order valence-corrected chi connectivity index (χ1v) is 8.72. The molecule has 1 amide bonds. The third-order valence-corrected chi connectivity index (χ3v) is 4.31. The molecule has 0 aliphatic rings. The molecule has 0 heterocycles. The first-order chi connectivity index (χ1) is 12.8. The molecule has 0 aliphatic carbocycles. The number of anilines is 1. The molecule has 0 aliphatic heterocycles. The Balaban J connectivity index is 1.79. The van der Waals surface area contributed by atoms with Crippen LogP contribution in [0.4, 0.5) is 5.69 Å². The Morgan fingerprint density at radius 3 is 2.41 bits per heavy atom. The molecule has 0 unspecified atom stereocenters. The van der Waals surface area contributed by atoms with E-state index < -0.39 is 5.91 Å². The number of carbonyl (C=O) groups is 1. The van der Waals surface area contributed by atoms with Gasteiger partial charge in [0.25, 0.3) is 5.91 Å². The van der Waals surface area contributed by atoms with Crippen molar-refractivity contribution in [3.8, 4) is 23.0 Å². The minimum atomic E-state index is -0.602. The van der Waals surface area contributed by atoms with Crippen LogP contribution < -0.4 is 10.1 Å². The summed E-state index contributed by atoms with van der Waals surface area (Å²) in [6.45, 7) is 0. The highest BCUT2D eigenvalue weighted by atomic mass is 35.5. The van der Waals surface area contributed by atoms with Crippen LogP contribution in [0.1, 0.15) is 10.4 Å². The molecule has 3 N–H and O–H groups in total. The normalized spacial score (nSPS) is 10.5. The highest BCUT2D eigenvalue weighted by Crippen LogP contribution is 2.34. The second-order valence-electron chi connectivity index (χ2n) is 5.48. The molecule has 138 valence electrons. The molecule has 0 saturated carbocycles. The maximum Gasteiger partial charge on any atom is 0.259 e. The summed E-state index contributed by atoms with van der Waals surface area (Å²) in [5.41, 5.74) is 0.312. The van der Waals surface area contributed by atoms with E-state index in [1.807, 2.05) is 0 Å². The average molecular weight is 425 g/mol. The van der Waals surface area contributed by atoms with E-state index in [9.17, 15) is 15.0 Å². The Hall–Kier alpha value is -2.60. The number of phenols is 2.